The molecule has 0 aromatic rings. The van der Waals surface area contributed by atoms with Crippen LogP contribution < -0.4 is 0 Å². The molecule has 0 spiro atoms. The summed E-state index contributed by atoms with van der Waals surface area (Å²) in [6, 6.07) is 0. The third kappa shape index (κ3) is 6.13. The minimum absolute atomic E-state index is 0.112. The highest BCUT2D eigenvalue weighted by atomic mass is 19.1. The maximum atomic E-state index is 14.2. The lowest BCUT2D eigenvalue weighted by molar-refractivity contribution is -0.616. The minimum atomic E-state index is -0.838. The summed E-state index contributed by atoms with van der Waals surface area (Å²) in [5.41, 5.74) is 0.923. The molecule has 0 radical (unpaired) electrons. The summed E-state index contributed by atoms with van der Waals surface area (Å²) in [6.45, 7) is 2.27. The van der Waals surface area contributed by atoms with Gasteiger partial charge in [-0.25, -0.2) is 4.39 Å². The first-order chi connectivity index (χ1) is 19.6. The molecule has 0 unspecified atom stereocenters. The molecule has 0 aromatic carbocycles. The van der Waals surface area contributed by atoms with Gasteiger partial charge in [0.15, 0.2) is 0 Å². The average Bonchev–Trinajstić information content (AvgIpc) is 2.97. The van der Waals surface area contributed by atoms with Crippen molar-refractivity contribution in [2.45, 2.75) is 173 Å². The van der Waals surface area contributed by atoms with Crippen LogP contribution in [0.2, 0.25) is 0 Å². The molecule has 6 fully saturated rings. The van der Waals surface area contributed by atoms with E-state index in [4.69, 9.17) is 0 Å². The number of allylic oxidation sites excluding steroid dienone is 1. The van der Waals surface area contributed by atoms with E-state index in [1.165, 1.54) is 150 Å². The van der Waals surface area contributed by atoms with Crippen molar-refractivity contribution in [1.29, 1.82) is 0 Å². The number of hydrogen-bond donors (Lipinski definition) is 2. The molecule has 0 bridgehead atoms. The second-order valence-electron chi connectivity index (χ2n) is 15.0. The summed E-state index contributed by atoms with van der Waals surface area (Å²) >= 11 is 0. The highest BCUT2D eigenvalue weighted by molar-refractivity contribution is 5.49. The normalized spacial score (nSPS) is 35.2. The number of halogens is 1. The molecule has 6 aliphatic rings. The van der Waals surface area contributed by atoms with Gasteiger partial charge in [-0.1, -0.05) is 135 Å². The van der Waals surface area contributed by atoms with Crippen LogP contribution in [0.1, 0.15) is 161 Å². The molecule has 6 saturated carbocycles. The maximum Gasteiger partial charge on any atom is 0.0960 e. The summed E-state index contributed by atoms with van der Waals surface area (Å²) in [5.74, 6) is 8.54. The molecular weight excluding hydrogens is 495 g/mol. The van der Waals surface area contributed by atoms with E-state index in [2.05, 4.69) is 6.92 Å². The van der Waals surface area contributed by atoms with E-state index in [9.17, 15) is 14.6 Å². The van der Waals surface area contributed by atoms with Gasteiger partial charge in [0.05, 0.1) is 18.0 Å². The van der Waals surface area contributed by atoms with Crippen molar-refractivity contribution in [2.24, 2.45) is 46.8 Å². The van der Waals surface area contributed by atoms with Gasteiger partial charge >= 0.3 is 0 Å². The molecule has 0 amide bonds. The van der Waals surface area contributed by atoms with Gasteiger partial charge in [-0.3, -0.25) is 0 Å². The number of aliphatic hydroxyl groups excluding tert-OH is 2. The molecule has 6 aliphatic carbocycles. The van der Waals surface area contributed by atoms with E-state index in [1.54, 1.807) is 6.42 Å². The highest BCUT2D eigenvalue weighted by Crippen LogP contribution is 3.06. The molecule has 0 heterocycles. The van der Waals surface area contributed by atoms with Crippen LogP contribution in [0.3, 0.4) is 0 Å². The molecule has 0 aromatic heterocycles. The predicted molar refractivity (Wildman–Crippen MR) is 165 cm³/mol. The van der Waals surface area contributed by atoms with Crippen molar-refractivity contribution >= 4 is 0 Å². The zero-order valence-electron chi connectivity index (χ0n) is 26.0. The van der Waals surface area contributed by atoms with Crippen LogP contribution in [-0.4, -0.2) is 22.4 Å². The highest BCUT2D eigenvalue weighted by Gasteiger charge is 3.03. The Bertz CT molecular complexity index is 740. The zero-order valence-corrected chi connectivity index (χ0v) is 26.0. The molecule has 2 atom stereocenters. The van der Waals surface area contributed by atoms with Gasteiger partial charge in [0.25, 0.3) is 0 Å². The van der Waals surface area contributed by atoms with Crippen LogP contribution in [-0.2, 0) is 0 Å². The molecule has 0 saturated heterocycles. The third-order valence-electron chi connectivity index (χ3n) is 12.8. The van der Waals surface area contributed by atoms with Crippen LogP contribution in [0.4, 0.5) is 4.39 Å². The fraction of sp³-hybridized carbons (Fsp3) is 0.946. The maximum absolute atomic E-state index is 14.2. The third-order valence-corrected chi connectivity index (χ3v) is 12.8. The lowest BCUT2D eigenvalue weighted by Crippen LogP contribution is -3.05. The van der Waals surface area contributed by atoms with E-state index in [0.29, 0.717) is 12.8 Å². The Morgan fingerprint density at radius 1 is 0.600 bits per heavy atom. The van der Waals surface area contributed by atoms with Gasteiger partial charge in [-0.15, -0.1) is 0 Å². The first-order valence-electron chi connectivity index (χ1n) is 18.3. The van der Waals surface area contributed by atoms with Crippen LogP contribution >= 0.6 is 0 Å². The first kappa shape index (κ1) is 31.0. The number of aliphatic hydroxyl groups is 2. The summed E-state index contributed by atoms with van der Waals surface area (Å²) in [5, 5.41) is 20.5. The van der Waals surface area contributed by atoms with Gasteiger partial charge in [-0.2, -0.15) is 0 Å². The largest absolute Gasteiger partial charge is 0.390 e. The van der Waals surface area contributed by atoms with Gasteiger partial charge in [0.1, 0.15) is 0 Å². The van der Waals surface area contributed by atoms with Crippen molar-refractivity contribution < 1.29 is 14.6 Å². The standard InChI is InChI=1S/C37H63FO2/c1-2-3-4-5-6-7-8-9-10-14-17-20-23-28(39)29(40)25-24-27(38)22-19-16-13-11-12-15-18-21-26-37-34-31-30-32(34)36(37)33(30)35(31)37/h24,28-36,39-40H,2-23,25-26H2,1H3/b27-24+/t28-,29+,30?,31?,32?,33?,34?,35?,36?,37?/m1/s1. The van der Waals surface area contributed by atoms with Crippen molar-refractivity contribution in [2.75, 3.05) is 0 Å². The minimum Gasteiger partial charge on any atom is -0.390 e. The molecule has 40 heavy (non-hydrogen) atoms. The smallest absolute Gasteiger partial charge is 0.0960 e. The SMILES string of the molecule is CCCCCCCCCCCCCC[C@@H](O)[C@@H](O)C/C=C(/F)CCCCCCCCCCC12C3C4C5C3C1C5C42. The molecule has 2 nitrogen and oxygen atoms in total. The van der Waals surface area contributed by atoms with Crippen molar-refractivity contribution in [3.05, 3.63) is 11.9 Å². The molecule has 2 N–H and O–H groups in total. The summed E-state index contributed by atoms with van der Waals surface area (Å²) < 4.78 is 14.2. The van der Waals surface area contributed by atoms with Gasteiger partial charge in [-0.05, 0) is 78.9 Å². The summed E-state index contributed by atoms with van der Waals surface area (Å²) in [6.07, 6.45) is 28.5. The second kappa shape index (κ2) is 14.9. The van der Waals surface area contributed by atoms with E-state index < -0.39 is 12.2 Å². The monoisotopic (exact) mass is 558 g/mol. The summed E-state index contributed by atoms with van der Waals surface area (Å²) in [7, 11) is 0. The van der Waals surface area contributed by atoms with Crippen LogP contribution in [0.5, 0.6) is 0 Å². The quantitative estimate of drug-likeness (QED) is 0.0985. The Balaban J connectivity index is 0.754. The summed E-state index contributed by atoms with van der Waals surface area (Å²) in [4.78, 5) is 0. The van der Waals surface area contributed by atoms with Crippen LogP contribution in [0.15, 0.2) is 11.9 Å². The van der Waals surface area contributed by atoms with Gasteiger partial charge < -0.3 is 10.2 Å². The second-order valence-corrected chi connectivity index (χ2v) is 15.0. The number of rotatable bonds is 27. The number of hydrogen-bond acceptors (Lipinski definition) is 2. The van der Waals surface area contributed by atoms with Gasteiger partial charge in [0, 0.05) is 0 Å². The fourth-order valence-corrected chi connectivity index (χ4v) is 10.9. The first-order valence-corrected chi connectivity index (χ1v) is 18.3. The Hall–Kier alpha value is -0.410. The Morgan fingerprint density at radius 3 is 1.57 bits per heavy atom. The lowest BCUT2D eigenvalue weighted by atomic mass is 8.96. The van der Waals surface area contributed by atoms with Crippen molar-refractivity contribution in [3.63, 3.8) is 0 Å². The van der Waals surface area contributed by atoms with E-state index >= 15 is 0 Å². The van der Waals surface area contributed by atoms with Crippen LogP contribution in [0.25, 0.3) is 0 Å². The Labute approximate surface area is 246 Å². The van der Waals surface area contributed by atoms with E-state index in [0.717, 1.165) is 31.1 Å². The predicted octanol–water partition coefficient (Wildman–Crippen LogP) is 10.3. The van der Waals surface area contributed by atoms with E-state index in [-0.39, 0.29) is 12.2 Å². The van der Waals surface area contributed by atoms with E-state index in [1.807, 2.05) is 0 Å². The number of unbranched alkanes of at least 4 members (excludes halogenated alkanes) is 18. The van der Waals surface area contributed by atoms with Crippen molar-refractivity contribution in [1.82, 2.24) is 0 Å². The molecular formula is C37H63FO2. The molecule has 6 rings (SSSR count). The average molecular weight is 559 g/mol. The zero-order chi connectivity index (χ0) is 28.0. The topological polar surface area (TPSA) is 40.5 Å². The molecule has 3 heteroatoms. The lowest BCUT2D eigenvalue weighted by Gasteiger charge is -3.08. The molecule has 230 valence electrons. The van der Waals surface area contributed by atoms with Crippen molar-refractivity contribution in [3.8, 4) is 0 Å². The Kier molecular flexibility index (Phi) is 11.5. The van der Waals surface area contributed by atoms with Gasteiger partial charge in [0.2, 0.25) is 0 Å². The Morgan fingerprint density at radius 2 is 1.05 bits per heavy atom. The van der Waals surface area contributed by atoms with Crippen LogP contribution in [0, 0.1) is 46.8 Å². The fourth-order valence-electron chi connectivity index (χ4n) is 10.9. The molecule has 0 aliphatic heterocycles.